The van der Waals surface area contributed by atoms with E-state index in [1.165, 1.54) is 30.6 Å². The molecule has 18 heavy (non-hydrogen) atoms. The van der Waals surface area contributed by atoms with Gasteiger partial charge in [-0.1, -0.05) is 6.07 Å². The fourth-order valence-corrected chi connectivity index (χ4v) is 3.31. The van der Waals surface area contributed by atoms with Crippen molar-refractivity contribution in [1.82, 2.24) is 5.32 Å². The highest BCUT2D eigenvalue weighted by atomic mass is 16.5. The summed E-state index contributed by atoms with van der Waals surface area (Å²) in [4.78, 5) is 2.50. The molecule has 2 aliphatic heterocycles. The van der Waals surface area contributed by atoms with Crippen LogP contribution >= 0.6 is 0 Å². The van der Waals surface area contributed by atoms with Crippen molar-refractivity contribution in [2.24, 2.45) is 5.92 Å². The van der Waals surface area contributed by atoms with Gasteiger partial charge in [-0.25, -0.2) is 0 Å². The molecule has 0 spiro atoms. The summed E-state index contributed by atoms with van der Waals surface area (Å²) in [6.07, 6.45) is 2.57. The molecule has 0 bridgehead atoms. The molecule has 3 rings (SSSR count). The van der Waals surface area contributed by atoms with Gasteiger partial charge >= 0.3 is 0 Å². The van der Waals surface area contributed by atoms with Gasteiger partial charge in [-0.05, 0) is 49.9 Å². The second-order valence-electron chi connectivity index (χ2n) is 5.52. The maximum atomic E-state index is 5.51. The van der Waals surface area contributed by atoms with Crippen molar-refractivity contribution in [3.8, 4) is 5.75 Å². The molecule has 2 aliphatic rings. The molecule has 0 aromatic heterocycles. The molecule has 2 saturated heterocycles. The van der Waals surface area contributed by atoms with E-state index in [1.807, 2.05) is 0 Å². The van der Waals surface area contributed by atoms with E-state index < -0.39 is 0 Å². The molecular formula is C15H22N2O. The van der Waals surface area contributed by atoms with Crippen molar-refractivity contribution in [3.63, 3.8) is 0 Å². The summed E-state index contributed by atoms with van der Waals surface area (Å²) in [5, 5.41) is 3.61. The van der Waals surface area contributed by atoms with Crippen LogP contribution < -0.4 is 15.0 Å². The molecule has 2 unspecified atom stereocenters. The molecule has 2 fully saturated rings. The number of hydrogen-bond donors (Lipinski definition) is 1. The fourth-order valence-electron chi connectivity index (χ4n) is 3.31. The SMILES string of the molecule is COc1ccc(C)cc1N1CCC2NCCC2C1. The zero-order chi connectivity index (χ0) is 12.5. The lowest BCUT2D eigenvalue weighted by molar-refractivity contribution is 0.369. The summed E-state index contributed by atoms with van der Waals surface area (Å²) in [6.45, 7) is 5.63. The third-order valence-electron chi connectivity index (χ3n) is 4.33. The summed E-state index contributed by atoms with van der Waals surface area (Å²) < 4.78 is 5.51. The number of methoxy groups -OCH3 is 1. The number of aryl methyl sites for hydroxylation is 1. The first kappa shape index (κ1) is 11.8. The van der Waals surface area contributed by atoms with Gasteiger partial charge in [0.2, 0.25) is 0 Å². The highest BCUT2D eigenvalue weighted by Gasteiger charge is 2.33. The van der Waals surface area contributed by atoms with Gasteiger partial charge in [-0.2, -0.15) is 0 Å². The Morgan fingerprint density at radius 2 is 2.22 bits per heavy atom. The third-order valence-corrected chi connectivity index (χ3v) is 4.33. The lowest BCUT2D eigenvalue weighted by Crippen LogP contribution is -2.44. The first-order valence-electron chi connectivity index (χ1n) is 6.91. The Bertz CT molecular complexity index is 433. The second-order valence-corrected chi connectivity index (χ2v) is 5.52. The molecule has 1 aromatic carbocycles. The third kappa shape index (κ3) is 2.07. The molecule has 0 saturated carbocycles. The number of rotatable bonds is 2. The molecule has 2 heterocycles. The molecule has 3 nitrogen and oxygen atoms in total. The maximum Gasteiger partial charge on any atom is 0.142 e. The molecule has 0 radical (unpaired) electrons. The summed E-state index contributed by atoms with van der Waals surface area (Å²) in [5.41, 5.74) is 2.57. The van der Waals surface area contributed by atoms with Crippen LogP contribution in [0.2, 0.25) is 0 Å². The number of nitrogens with one attached hydrogen (secondary N) is 1. The minimum absolute atomic E-state index is 0.747. The molecule has 0 aliphatic carbocycles. The summed E-state index contributed by atoms with van der Waals surface area (Å²) in [6, 6.07) is 7.20. The van der Waals surface area contributed by atoms with Gasteiger partial charge in [0, 0.05) is 19.1 Å². The Balaban J connectivity index is 1.84. The molecule has 2 atom stereocenters. The predicted molar refractivity (Wildman–Crippen MR) is 74.5 cm³/mol. The van der Waals surface area contributed by atoms with E-state index in [0.29, 0.717) is 0 Å². The number of benzene rings is 1. The molecular weight excluding hydrogens is 224 g/mol. The van der Waals surface area contributed by atoms with Crippen molar-refractivity contribution in [1.29, 1.82) is 0 Å². The average Bonchev–Trinajstić information content (AvgIpc) is 2.85. The van der Waals surface area contributed by atoms with Gasteiger partial charge in [0.1, 0.15) is 5.75 Å². The van der Waals surface area contributed by atoms with Crippen LogP contribution in [0.25, 0.3) is 0 Å². The standard InChI is InChI=1S/C15H22N2O/c1-11-3-4-15(18-2)14(9-11)17-8-6-13-12(10-17)5-7-16-13/h3-4,9,12-13,16H,5-8,10H2,1-2H3. The minimum Gasteiger partial charge on any atom is -0.495 e. The summed E-state index contributed by atoms with van der Waals surface area (Å²) in [5.74, 6) is 1.81. The van der Waals surface area contributed by atoms with Crippen LogP contribution in [-0.2, 0) is 0 Å². The Hall–Kier alpha value is -1.22. The zero-order valence-electron chi connectivity index (χ0n) is 11.3. The first-order chi connectivity index (χ1) is 8.78. The van der Waals surface area contributed by atoms with Crippen LogP contribution in [-0.4, -0.2) is 32.8 Å². The molecule has 0 amide bonds. The number of hydrogen-bond acceptors (Lipinski definition) is 3. The fraction of sp³-hybridized carbons (Fsp3) is 0.600. The Labute approximate surface area is 109 Å². The number of nitrogens with zero attached hydrogens (tertiary/aromatic N) is 1. The Kier molecular flexibility index (Phi) is 3.16. The highest BCUT2D eigenvalue weighted by molar-refractivity contribution is 5.60. The van der Waals surface area contributed by atoms with Crippen molar-refractivity contribution < 1.29 is 4.74 Å². The number of piperidine rings is 1. The predicted octanol–water partition coefficient (Wildman–Crippen LogP) is 2.19. The second kappa shape index (κ2) is 4.81. The van der Waals surface area contributed by atoms with Crippen LogP contribution in [0.1, 0.15) is 18.4 Å². The van der Waals surface area contributed by atoms with E-state index in [4.69, 9.17) is 4.74 Å². The van der Waals surface area contributed by atoms with E-state index in [9.17, 15) is 0 Å². The van der Waals surface area contributed by atoms with E-state index in [1.54, 1.807) is 7.11 Å². The monoisotopic (exact) mass is 246 g/mol. The van der Waals surface area contributed by atoms with E-state index in [-0.39, 0.29) is 0 Å². The molecule has 3 heteroatoms. The highest BCUT2D eigenvalue weighted by Crippen LogP contribution is 2.34. The van der Waals surface area contributed by atoms with Crippen LogP contribution in [0.4, 0.5) is 5.69 Å². The van der Waals surface area contributed by atoms with Crippen LogP contribution in [0, 0.1) is 12.8 Å². The van der Waals surface area contributed by atoms with Gasteiger partial charge in [0.25, 0.3) is 0 Å². The summed E-state index contributed by atoms with van der Waals surface area (Å²) >= 11 is 0. The van der Waals surface area contributed by atoms with E-state index >= 15 is 0 Å². The summed E-state index contributed by atoms with van der Waals surface area (Å²) in [7, 11) is 1.76. The Morgan fingerprint density at radius 1 is 1.33 bits per heavy atom. The number of anilines is 1. The minimum atomic E-state index is 0.747. The van der Waals surface area contributed by atoms with Crippen LogP contribution in [0.3, 0.4) is 0 Å². The van der Waals surface area contributed by atoms with Gasteiger partial charge in [0.15, 0.2) is 0 Å². The quantitative estimate of drug-likeness (QED) is 0.865. The van der Waals surface area contributed by atoms with Crippen molar-refractivity contribution in [3.05, 3.63) is 23.8 Å². The molecule has 98 valence electrons. The van der Waals surface area contributed by atoms with Crippen molar-refractivity contribution in [2.75, 3.05) is 31.6 Å². The van der Waals surface area contributed by atoms with Crippen LogP contribution in [0.15, 0.2) is 18.2 Å². The van der Waals surface area contributed by atoms with E-state index in [0.717, 1.165) is 30.8 Å². The molecule has 1 N–H and O–H groups in total. The Morgan fingerprint density at radius 3 is 3.06 bits per heavy atom. The van der Waals surface area contributed by atoms with Gasteiger partial charge in [-0.3, -0.25) is 0 Å². The number of fused-ring (bicyclic) bond motifs is 1. The lowest BCUT2D eigenvalue weighted by atomic mass is 9.93. The average molecular weight is 246 g/mol. The number of ether oxygens (including phenoxy) is 1. The molecule has 1 aromatic rings. The lowest BCUT2D eigenvalue weighted by Gasteiger charge is -2.37. The topological polar surface area (TPSA) is 24.5 Å². The van der Waals surface area contributed by atoms with Gasteiger partial charge in [-0.15, -0.1) is 0 Å². The van der Waals surface area contributed by atoms with E-state index in [2.05, 4.69) is 35.3 Å². The maximum absolute atomic E-state index is 5.51. The smallest absolute Gasteiger partial charge is 0.142 e. The zero-order valence-corrected chi connectivity index (χ0v) is 11.3. The van der Waals surface area contributed by atoms with Gasteiger partial charge < -0.3 is 15.0 Å². The van der Waals surface area contributed by atoms with Crippen LogP contribution in [0.5, 0.6) is 5.75 Å². The van der Waals surface area contributed by atoms with Crippen molar-refractivity contribution >= 4 is 5.69 Å². The largest absolute Gasteiger partial charge is 0.495 e. The first-order valence-corrected chi connectivity index (χ1v) is 6.91. The van der Waals surface area contributed by atoms with Crippen molar-refractivity contribution in [2.45, 2.75) is 25.8 Å². The van der Waals surface area contributed by atoms with Gasteiger partial charge in [0.05, 0.1) is 12.8 Å². The normalized spacial score (nSPS) is 27.1.